The highest BCUT2D eigenvalue weighted by molar-refractivity contribution is 5.71. The van der Waals surface area contributed by atoms with Crippen molar-refractivity contribution in [1.29, 1.82) is 0 Å². The summed E-state index contributed by atoms with van der Waals surface area (Å²) in [5.74, 6) is -0.901. The molecular formula is C61H110O6. The van der Waals surface area contributed by atoms with E-state index in [-0.39, 0.29) is 31.1 Å². The molecule has 0 spiro atoms. The lowest BCUT2D eigenvalue weighted by Gasteiger charge is -2.18. The van der Waals surface area contributed by atoms with Crippen LogP contribution >= 0.6 is 0 Å². The molecule has 0 aliphatic heterocycles. The number of hydrogen-bond acceptors (Lipinski definition) is 6. The number of carbonyl (C=O) groups is 3. The lowest BCUT2D eigenvalue weighted by Crippen LogP contribution is -2.30. The lowest BCUT2D eigenvalue weighted by molar-refractivity contribution is -0.167. The van der Waals surface area contributed by atoms with Gasteiger partial charge in [-0.3, -0.25) is 14.4 Å². The van der Waals surface area contributed by atoms with Crippen LogP contribution in [-0.2, 0) is 28.6 Å². The van der Waals surface area contributed by atoms with Crippen LogP contribution in [0.15, 0.2) is 48.6 Å². The predicted molar refractivity (Wildman–Crippen MR) is 289 cm³/mol. The highest BCUT2D eigenvalue weighted by Crippen LogP contribution is 2.17. The van der Waals surface area contributed by atoms with Gasteiger partial charge in [-0.25, -0.2) is 0 Å². The first-order chi connectivity index (χ1) is 33.0. The molecule has 1 atom stereocenters. The number of hydrogen-bond donors (Lipinski definition) is 0. The molecule has 0 saturated carbocycles. The van der Waals surface area contributed by atoms with Crippen molar-refractivity contribution in [1.82, 2.24) is 0 Å². The minimum atomic E-state index is -0.786. The van der Waals surface area contributed by atoms with Gasteiger partial charge in [0.15, 0.2) is 6.10 Å². The van der Waals surface area contributed by atoms with Gasteiger partial charge in [0.25, 0.3) is 0 Å². The van der Waals surface area contributed by atoms with Crippen molar-refractivity contribution >= 4 is 17.9 Å². The van der Waals surface area contributed by atoms with Crippen molar-refractivity contribution in [3.8, 4) is 0 Å². The van der Waals surface area contributed by atoms with Gasteiger partial charge < -0.3 is 14.2 Å². The zero-order chi connectivity index (χ0) is 48.6. The largest absolute Gasteiger partial charge is 0.462 e. The molecule has 0 unspecified atom stereocenters. The summed E-state index contributed by atoms with van der Waals surface area (Å²) < 4.78 is 16.8. The zero-order valence-electron chi connectivity index (χ0n) is 44.7. The Hall–Kier alpha value is -2.63. The third-order valence-corrected chi connectivity index (χ3v) is 12.8. The minimum absolute atomic E-state index is 0.0821. The molecule has 0 aliphatic carbocycles. The van der Waals surface area contributed by atoms with E-state index in [4.69, 9.17) is 14.2 Å². The molecule has 0 saturated heterocycles. The molecule has 0 amide bonds. The van der Waals surface area contributed by atoms with Gasteiger partial charge in [-0.1, -0.05) is 256 Å². The molecule has 0 aromatic carbocycles. The molecule has 0 N–H and O–H groups in total. The average Bonchev–Trinajstić information content (AvgIpc) is 3.33. The number of allylic oxidation sites excluding steroid dienone is 8. The van der Waals surface area contributed by atoms with Crippen molar-refractivity contribution in [2.24, 2.45) is 0 Å². The third kappa shape index (κ3) is 54.2. The molecule has 0 bridgehead atoms. The third-order valence-electron chi connectivity index (χ3n) is 12.8. The van der Waals surface area contributed by atoms with Crippen LogP contribution in [0.5, 0.6) is 0 Å². The molecule has 0 fully saturated rings. The molecule has 390 valence electrons. The molecule has 0 aromatic heterocycles. The Morgan fingerprint density at radius 3 is 0.925 bits per heavy atom. The summed E-state index contributed by atoms with van der Waals surface area (Å²) in [7, 11) is 0. The van der Waals surface area contributed by atoms with E-state index < -0.39 is 6.10 Å². The second-order valence-corrected chi connectivity index (χ2v) is 19.6. The van der Waals surface area contributed by atoms with Gasteiger partial charge in [-0.15, -0.1) is 0 Å². The first-order valence-corrected chi connectivity index (χ1v) is 29.1. The van der Waals surface area contributed by atoms with Gasteiger partial charge in [0.05, 0.1) is 0 Å². The van der Waals surface area contributed by atoms with Crippen LogP contribution < -0.4 is 0 Å². The highest BCUT2D eigenvalue weighted by atomic mass is 16.6. The van der Waals surface area contributed by atoms with E-state index in [1.165, 1.54) is 173 Å². The van der Waals surface area contributed by atoms with Gasteiger partial charge >= 0.3 is 17.9 Å². The topological polar surface area (TPSA) is 78.9 Å². The Balaban J connectivity index is 4.31. The van der Waals surface area contributed by atoms with Crippen LogP contribution in [0.3, 0.4) is 0 Å². The molecule has 6 nitrogen and oxygen atoms in total. The number of carbonyl (C=O) groups excluding carboxylic acids is 3. The summed E-state index contributed by atoms with van der Waals surface area (Å²) in [5.41, 5.74) is 0. The Morgan fingerprint density at radius 2 is 0.552 bits per heavy atom. The van der Waals surface area contributed by atoms with Crippen LogP contribution in [0.4, 0.5) is 0 Å². The van der Waals surface area contributed by atoms with E-state index in [1.807, 2.05) is 0 Å². The van der Waals surface area contributed by atoms with E-state index in [1.54, 1.807) is 0 Å². The SMILES string of the molecule is CCCC/C=C\CCCCCCCC(=O)OC[C@H](COC(=O)CCCCCCCCCCCCCCCCCCCCCCC)OC(=O)CCCCCC/C=C\C/C=C\C/C=C\CCCCC. The molecule has 0 aromatic rings. The van der Waals surface area contributed by atoms with E-state index in [2.05, 4.69) is 69.4 Å². The van der Waals surface area contributed by atoms with Gasteiger partial charge in [0.2, 0.25) is 0 Å². The second-order valence-electron chi connectivity index (χ2n) is 19.6. The zero-order valence-corrected chi connectivity index (χ0v) is 44.7. The fourth-order valence-electron chi connectivity index (χ4n) is 8.37. The van der Waals surface area contributed by atoms with Crippen molar-refractivity contribution in [3.05, 3.63) is 48.6 Å². The maximum atomic E-state index is 12.8. The monoisotopic (exact) mass is 939 g/mol. The summed E-state index contributed by atoms with van der Waals surface area (Å²) in [6.45, 7) is 6.58. The molecule has 0 rings (SSSR count). The van der Waals surface area contributed by atoms with Crippen LogP contribution in [0, 0.1) is 0 Å². The van der Waals surface area contributed by atoms with Crippen molar-refractivity contribution < 1.29 is 28.6 Å². The summed E-state index contributed by atoms with van der Waals surface area (Å²) in [6.07, 6.45) is 68.2. The molecule has 0 heterocycles. The van der Waals surface area contributed by atoms with Crippen molar-refractivity contribution in [3.63, 3.8) is 0 Å². The number of rotatable bonds is 53. The van der Waals surface area contributed by atoms with Gasteiger partial charge in [0.1, 0.15) is 13.2 Å². The Morgan fingerprint density at radius 1 is 0.299 bits per heavy atom. The van der Waals surface area contributed by atoms with Gasteiger partial charge in [-0.05, 0) is 77.0 Å². The quantitative estimate of drug-likeness (QED) is 0.0262. The van der Waals surface area contributed by atoms with E-state index in [9.17, 15) is 14.4 Å². The van der Waals surface area contributed by atoms with Gasteiger partial charge in [-0.2, -0.15) is 0 Å². The Kier molecular flexibility index (Phi) is 53.8. The Labute approximate surface area is 416 Å². The van der Waals surface area contributed by atoms with E-state index in [0.717, 1.165) is 89.9 Å². The molecule has 6 heteroatoms. The van der Waals surface area contributed by atoms with Crippen LogP contribution in [0.25, 0.3) is 0 Å². The highest BCUT2D eigenvalue weighted by Gasteiger charge is 2.19. The number of ether oxygens (including phenoxy) is 3. The maximum Gasteiger partial charge on any atom is 0.306 e. The van der Waals surface area contributed by atoms with Crippen LogP contribution in [-0.4, -0.2) is 37.2 Å². The van der Waals surface area contributed by atoms with Crippen LogP contribution in [0.1, 0.15) is 303 Å². The average molecular weight is 940 g/mol. The maximum absolute atomic E-state index is 12.8. The molecule has 0 aliphatic rings. The number of esters is 3. The smallest absolute Gasteiger partial charge is 0.306 e. The van der Waals surface area contributed by atoms with E-state index in [0.29, 0.717) is 19.3 Å². The normalized spacial score (nSPS) is 12.3. The van der Waals surface area contributed by atoms with Crippen molar-refractivity contribution in [2.75, 3.05) is 13.2 Å². The summed E-state index contributed by atoms with van der Waals surface area (Å²) >= 11 is 0. The fraction of sp³-hybridized carbons (Fsp3) is 0.820. The summed E-state index contributed by atoms with van der Waals surface area (Å²) in [6, 6.07) is 0. The second kappa shape index (κ2) is 56.0. The molecular weight excluding hydrogens is 829 g/mol. The summed E-state index contributed by atoms with van der Waals surface area (Å²) in [4.78, 5) is 38.1. The van der Waals surface area contributed by atoms with E-state index >= 15 is 0 Å². The minimum Gasteiger partial charge on any atom is -0.462 e. The van der Waals surface area contributed by atoms with Crippen molar-refractivity contribution in [2.45, 2.75) is 309 Å². The van der Waals surface area contributed by atoms with Crippen LogP contribution in [0.2, 0.25) is 0 Å². The fourth-order valence-corrected chi connectivity index (χ4v) is 8.37. The Bertz CT molecular complexity index is 1170. The predicted octanol–water partition coefficient (Wildman–Crippen LogP) is 19.4. The first-order valence-electron chi connectivity index (χ1n) is 29.1. The molecule has 67 heavy (non-hydrogen) atoms. The summed E-state index contributed by atoms with van der Waals surface area (Å²) in [5, 5.41) is 0. The lowest BCUT2D eigenvalue weighted by atomic mass is 10.0. The first kappa shape index (κ1) is 64.4. The van der Waals surface area contributed by atoms with Gasteiger partial charge in [0, 0.05) is 19.3 Å². The molecule has 0 radical (unpaired) electrons. The standard InChI is InChI=1S/C61H110O6/c1-4-7-10-13-16-19-22-24-26-28-29-30-31-33-34-36-39-42-45-48-51-54-60(63)66-57-58(56-65-59(62)53-50-47-44-41-38-21-18-15-12-9-6-3)67-61(64)55-52-49-46-43-40-37-35-32-27-25-23-20-17-14-11-8-5-2/h15,17-18,20,25,27,35,37,58H,4-14,16,19,21-24,26,28-34,36,38-57H2,1-3H3/b18-15-,20-17-,27-25-,37-35-/t58-/m1/s1. The number of unbranched alkanes of at least 4 members (excludes halogenated alkanes) is 34.